The van der Waals surface area contributed by atoms with Gasteiger partial charge in [0.15, 0.2) is 11.5 Å². The van der Waals surface area contributed by atoms with Crippen LogP contribution in [0.5, 0.6) is 0 Å². The molecule has 0 aliphatic heterocycles. The van der Waals surface area contributed by atoms with Gasteiger partial charge < -0.3 is 5.32 Å². The van der Waals surface area contributed by atoms with Crippen molar-refractivity contribution >= 4 is 11.5 Å². The van der Waals surface area contributed by atoms with E-state index in [4.69, 9.17) is 0 Å². The Morgan fingerprint density at radius 3 is 2.73 bits per heavy atom. The van der Waals surface area contributed by atoms with Crippen molar-refractivity contribution in [2.24, 2.45) is 7.05 Å². The number of fused-ring (bicyclic) bond motifs is 1. The highest BCUT2D eigenvalue weighted by atomic mass is 19.1. The van der Waals surface area contributed by atoms with Crippen molar-refractivity contribution in [2.45, 2.75) is 19.9 Å². The van der Waals surface area contributed by atoms with Gasteiger partial charge in [-0.25, -0.2) is 4.39 Å². The first-order valence-corrected chi connectivity index (χ1v) is 8.38. The van der Waals surface area contributed by atoms with Crippen LogP contribution in [0.2, 0.25) is 0 Å². The number of nitrogens with zero attached hydrogens (tertiary/aromatic N) is 6. The molecule has 1 aromatic carbocycles. The molecule has 3 aromatic heterocycles. The summed E-state index contributed by atoms with van der Waals surface area (Å²) in [6.45, 7) is 2.68. The molecule has 4 rings (SSSR count). The zero-order valence-corrected chi connectivity index (χ0v) is 14.5. The number of benzene rings is 1. The molecule has 3 heterocycles. The molecule has 0 saturated carbocycles. The van der Waals surface area contributed by atoms with Gasteiger partial charge in [-0.3, -0.25) is 4.68 Å². The number of halogens is 1. The minimum Gasteiger partial charge on any atom is -0.364 e. The van der Waals surface area contributed by atoms with Gasteiger partial charge in [0, 0.05) is 25.4 Å². The zero-order chi connectivity index (χ0) is 18.1. The molecule has 0 spiro atoms. The lowest BCUT2D eigenvalue weighted by molar-refractivity contribution is 0.629. The van der Waals surface area contributed by atoms with Crippen LogP contribution >= 0.6 is 0 Å². The smallest absolute Gasteiger partial charge is 0.188 e. The van der Waals surface area contributed by atoms with E-state index >= 15 is 0 Å². The molecule has 8 heteroatoms. The van der Waals surface area contributed by atoms with E-state index in [0.29, 0.717) is 29.4 Å². The van der Waals surface area contributed by atoms with Crippen LogP contribution in [-0.2, 0) is 20.0 Å². The summed E-state index contributed by atoms with van der Waals surface area (Å²) >= 11 is 0. The van der Waals surface area contributed by atoms with E-state index in [9.17, 15) is 4.39 Å². The van der Waals surface area contributed by atoms with Gasteiger partial charge in [0.2, 0.25) is 0 Å². The summed E-state index contributed by atoms with van der Waals surface area (Å²) in [5, 5.41) is 20.4. The summed E-state index contributed by atoms with van der Waals surface area (Å²) in [5.41, 5.74) is 3.10. The summed E-state index contributed by atoms with van der Waals surface area (Å²) in [7, 11) is 1.91. The van der Waals surface area contributed by atoms with Crippen molar-refractivity contribution in [3.05, 3.63) is 59.7 Å². The first-order chi connectivity index (χ1) is 12.7. The van der Waals surface area contributed by atoms with Crippen molar-refractivity contribution in [3.63, 3.8) is 0 Å². The average Bonchev–Trinajstić information content (AvgIpc) is 3.23. The molecule has 0 aliphatic rings. The third-order valence-electron chi connectivity index (χ3n) is 4.16. The fraction of sp³-hybridized carbons (Fsp3) is 0.222. The first kappa shape index (κ1) is 16.2. The van der Waals surface area contributed by atoms with E-state index in [0.717, 1.165) is 17.7 Å². The van der Waals surface area contributed by atoms with Crippen LogP contribution in [0, 0.1) is 5.82 Å². The minimum atomic E-state index is -0.357. The summed E-state index contributed by atoms with van der Waals surface area (Å²) in [5.74, 6) is 0.670. The Morgan fingerprint density at radius 2 is 1.92 bits per heavy atom. The van der Waals surface area contributed by atoms with Gasteiger partial charge >= 0.3 is 0 Å². The molecule has 0 saturated heterocycles. The maximum atomic E-state index is 14.1. The van der Waals surface area contributed by atoms with E-state index in [1.165, 1.54) is 6.07 Å². The molecular weight excluding hydrogens is 333 g/mol. The Labute approximate surface area is 149 Å². The van der Waals surface area contributed by atoms with Crippen LogP contribution in [0.25, 0.3) is 17.0 Å². The Hall–Kier alpha value is -3.29. The summed E-state index contributed by atoms with van der Waals surface area (Å²) in [6.07, 6.45) is 2.86. The van der Waals surface area contributed by atoms with Crippen molar-refractivity contribution in [3.8, 4) is 11.4 Å². The largest absolute Gasteiger partial charge is 0.364 e. The van der Waals surface area contributed by atoms with Crippen LogP contribution in [-0.4, -0.2) is 29.6 Å². The summed E-state index contributed by atoms with van der Waals surface area (Å²) in [4.78, 5) is 0. The molecule has 0 atom stereocenters. The average molecular weight is 351 g/mol. The van der Waals surface area contributed by atoms with Crippen molar-refractivity contribution in [1.29, 1.82) is 0 Å². The Kier molecular flexibility index (Phi) is 4.08. The van der Waals surface area contributed by atoms with E-state index in [1.807, 2.05) is 24.0 Å². The number of rotatable bonds is 5. The fourth-order valence-electron chi connectivity index (χ4n) is 2.91. The van der Waals surface area contributed by atoms with E-state index in [-0.39, 0.29) is 5.82 Å². The van der Waals surface area contributed by atoms with Crippen molar-refractivity contribution in [2.75, 3.05) is 5.32 Å². The summed E-state index contributed by atoms with van der Waals surface area (Å²) in [6, 6.07) is 10.1. The van der Waals surface area contributed by atoms with Crippen LogP contribution in [0.15, 0.2) is 42.6 Å². The molecule has 0 radical (unpaired) electrons. The number of aryl methyl sites for hydroxylation is 2. The van der Waals surface area contributed by atoms with E-state index in [1.54, 1.807) is 28.8 Å². The molecule has 0 amide bonds. The van der Waals surface area contributed by atoms with Crippen molar-refractivity contribution in [1.82, 2.24) is 29.6 Å². The van der Waals surface area contributed by atoms with Crippen LogP contribution in [0.4, 0.5) is 10.2 Å². The highest BCUT2D eigenvalue weighted by Crippen LogP contribution is 2.21. The van der Waals surface area contributed by atoms with Gasteiger partial charge in [0.25, 0.3) is 0 Å². The zero-order valence-electron chi connectivity index (χ0n) is 14.5. The highest BCUT2D eigenvalue weighted by Gasteiger charge is 2.14. The molecule has 1 N–H and O–H groups in total. The maximum Gasteiger partial charge on any atom is 0.188 e. The Balaban J connectivity index is 1.65. The lowest BCUT2D eigenvalue weighted by Gasteiger charge is -2.06. The predicted octanol–water partition coefficient (Wildman–Crippen LogP) is 2.84. The minimum absolute atomic E-state index is 0.357. The first-order valence-electron chi connectivity index (χ1n) is 8.38. The second kappa shape index (κ2) is 6.55. The second-order valence-electron chi connectivity index (χ2n) is 5.97. The third-order valence-corrected chi connectivity index (χ3v) is 4.16. The lowest BCUT2D eigenvalue weighted by Crippen LogP contribution is -2.06. The lowest BCUT2D eigenvalue weighted by atomic mass is 10.2. The van der Waals surface area contributed by atoms with Gasteiger partial charge in [0.1, 0.15) is 11.6 Å². The number of anilines is 1. The summed E-state index contributed by atoms with van der Waals surface area (Å²) < 4.78 is 17.5. The van der Waals surface area contributed by atoms with Crippen LogP contribution in [0.3, 0.4) is 0 Å². The highest BCUT2D eigenvalue weighted by molar-refractivity contribution is 5.60. The predicted molar refractivity (Wildman–Crippen MR) is 96.1 cm³/mol. The quantitative estimate of drug-likeness (QED) is 0.598. The number of nitrogens with one attached hydrogen (secondary N) is 1. The maximum absolute atomic E-state index is 14.1. The van der Waals surface area contributed by atoms with Gasteiger partial charge in [-0.05, 0) is 30.7 Å². The molecule has 0 aliphatic carbocycles. The molecule has 4 aromatic rings. The van der Waals surface area contributed by atoms with E-state index < -0.39 is 0 Å². The second-order valence-corrected chi connectivity index (χ2v) is 5.97. The third kappa shape index (κ3) is 2.90. The molecule has 26 heavy (non-hydrogen) atoms. The normalized spacial score (nSPS) is 11.2. The van der Waals surface area contributed by atoms with E-state index in [2.05, 4.69) is 32.6 Å². The van der Waals surface area contributed by atoms with Gasteiger partial charge in [-0.1, -0.05) is 19.1 Å². The Morgan fingerprint density at radius 1 is 1.08 bits per heavy atom. The van der Waals surface area contributed by atoms with Gasteiger partial charge in [-0.2, -0.15) is 9.61 Å². The number of hydrogen-bond acceptors (Lipinski definition) is 5. The molecular formula is C18H18FN7. The van der Waals surface area contributed by atoms with Gasteiger partial charge in [0.05, 0.1) is 11.3 Å². The molecule has 7 nitrogen and oxygen atoms in total. The standard InChI is InChI=1S/C18H18FN7/c1-3-15-12(11-25(2)23-15)10-20-16-8-9-17-21-22-18(26(17)24-16)13-6-4-5-7-14(13)19/h4-9,11H,3,10H2,1-2H3,(H,20,24). The van der Waals surface area contributed by atoms with Gasteiger partial charge in [-0.15, -0.1) is 15.3 Å². The number of aromatic nitrogens is 6. The Bertz CT molecular complexity index is 1070. The SMILES string of the molecule is CCc1nn(C)cc1CNc1ccc2nnc(-c3ccccc3F)n2n1. The topological polar surface area (TPSA) is 72.9 Å². The van der Waals surface area contributed by atoms with Crippen LogP contribution < -0.4 is 5.32 Å². The monoisotopic (exact) mass is 351 g/mol. The van der Waals surface area contributed by atoms with Crippen LogP contribution in [0.1, 0.15) is 18.2 Å². The molecule has 0 fully saturated rings. The molecule has 0 unspecified atom stereocenters. The molecule has 132 valence electrons. The molecule has 0 bridgehead atoms. The number of hydrogen-bond donors (Lipinski definition) is 1. The fourth-order valence-corrected chi connectivity index (χ4v) is 2.91. The van der Waals surface area contributed by atoms with Crippen molar-refractivity contribution < 1.29 is 4.39 Å².